The maximum Gasteiger partial charge on any atom is 0.155 e. The van der Waals surface area contributed by atoms with Crippen molar-refractivity contribution in [2.24, 2.45) is 0 Å². The summed E-state index contributed by atoms with van der Waals surface area (Å²) in [5.74, 6) is 1.32. The number of nitrogens with zero attached hydrogens (tertiary/aromatic N) is 4. The Bertz CT molecular complexity index is 551. The van der Waals surface area contributed by atoms with Crippen molar-refractivity contribution in [1.82, 2.24) is 24.7 Å². The summed E-state index contributed by atoms with van der Waals surface area (Å²) >= 11 is 0. The first-order chi connectivity index (χ1) is 7.36. The van der Waals surface area contributed by atoms with Crippen molar-refractivity contribution >= 4 is 5.82 Å². The first kappa shape index (κ1) is 7.98. The highest BCUT2D eigenvalue weighted by Crippen LogP contribution is 2.28. The monoisotopic (exact) mass is 200 g/mol. The van der Waals surface area contributed by atoms with Crippen molar-refractivity contribution in [3.05, 3.63) is 31.0 Å². The minimum atomic E-state index is 0.584. The predicted octanol–water partition coefficient (Wildman–Crippen LogP) is 0.677. The van der Waals surface area contributed by atoms with Gasteiger partial charge in [-0.05, 0) is 0 Å². The maximum atomic E-state index is 5.80. The molecule has 2 aliphatic heterocycles. The molecule has 0 amide bonds. The van der Waals surface area contributed by atoms with Gasteiger partial charge in [-0.15, -0.1) is 0 Å². The molecule has 1 aromatic rings. The van der Waals surface area contributed by atoms with E-state index < -0.39 is 0 Å². The van der Waals surface area contributed by atoms with Gasteiger partial charge in [0.2, 0.25) is 0 Å². The molecule has 0 radical (unpaired) electrons. The van der Waals surface area contributed by atoms with Gasteiger partial charge in [0.1, 0.15) is 12.1 Å². The van der Waals surface area contributed by atoms with Crippen molar-refractivity contribution in [3.8, 4) is 17.1 Å². The average molecular weight is 200 g/mol. The predicted molar refractivity (Wildman–Crippen MR) is 54.5 cm³/mol. The molecule has 1 aromatic heterocycles. The van der Waals surface area contributed by atoms with Gasteiger partial charge in [0.05, 0.1) is 17.5 Å². The Morgan fingerprint density at radius 1 is 1.27 bits per heavy atom. The van der Waals surface area contributed by atoms with Crippen molar-refractivity contribution in [3.63, 3.8) is 0 Å². The summed E-state index contributed by atoms with van der Waals surface area (Å²) in [4.78, 5) is 12.0. The lowest BCUT2D eigenvalue weighted by Gasteiger charge is -2.01. The minimum Gasteiger partial charge on any atom is -0.384 e. The zero-order valence-electron chi connectivity index (χ0n) is 7.75. The number of rotatable bonds is 1. The summed E-state index contributed by atoms with van der Waals surface area (Å²) in [6.07, 6.45) is 6.62. The van der Waals surface area contributed by atoms with Crippen molar-refractivity contribution < 1.29 is 0 Å². The number of aromatic amines is 1. The van der Waals surface area contributed by atoms with E-state index >= 15 is 0 Å². The third-order valence-corrected chi connectivity index (χ3v) is 2.24. The summed E-state index contributed by atoms with van der Waals surface area (Å²) in [7, 11) is 0. The fourth-order valence-corrected chi connectivity index (χ4v) is 1.54. The zero-order valence-corrected chi connectivity index (χ0v) is 7.75. The molecule has 0 aromatic carbocycles. The van der Waals surface area contributed by atoms with E-state index in [1.165, 1.54) is 6.33 Å². The molecular formula is C9H8N6. The molecule has 6 nitrogen and oxygen atoms in total. The Morgan fingerprint density at radius 3 is 3.00 bits per heavy atom. The lowest BCUT2D eigenvalue weighted by atomic mass is 10.3. The fraction of sp³-hybridized carbons (Fsp3) is 0. The van der Waals surface area contributed by atoms with Gasteiger partial charge in [-0.2, -0.15) is 0 Å². The van der Waals surface area contributed by atoms with Gasteiger partial charge in [0, 0.05) is 18.5 Å². The van der Waals surface area contributed by atoms with E-state index in [0.29, 0.717) is 5.82 Å². The molecule has 0 spiro atoms. The Balaban J connectivity index is 2.24. The Hall–Kier alpha value is -2.37. The van der Waals surface area contributed by atoms with Gasteiger partial charge in [-0.25, -0.2) is 14.6 Å². The number of nitrogens with one attached hydrogen (secondary N) is 1. The fourth-order valence-electron chi connectivity index (χ4n) is 1.54. The molecule has 3 N–H and O–H groups in total. The standard InChI is InChI=1S/C9H8N6/c10-9-6-3-12-4-7(6)15(14-9)8-1-2-11-5-13-8/h1-5,14H,10H2. The number of hydrogen-bond donors (Lipinski definition) is 2. The molecule has 74 valence electrons. The Kier molecular flexibility index (Phi) is 1.49. The molecule has 3 heterocycles. The molecule has 0 fully saturated rings. The van der Waals surface area contributed by atoms with Crippen LogP contribution >= 0.6 is 0 Å². The number of nitrogen functional groups attached to an aromatic ring is 1. The maximum absolute atomic E-state index is 5.80. The van der Waals surface area contributed by atoms with Gasteiger partial charge in [0.15, 0.2) is 5.82 Å². The first-order valence-electron chi connectivity index (χ1n) is 4.42. The highest BCUT2D eigenvalue weighted by molar-refractivity contribution is 5.73. The molecule has 0 unspecified atom stereocenters. The van der Waals surface area contributed by atoms with Crippen LogP contribution in [0.3, 0.4) is 0 Å². The third kappa shape index (κ3) is 1.08. The van der Waals surface area contributed by atoms with Crippen molar-refractivity contribution in [2.75, 3.05) is 5.73 Å². The Morgan fingerprint density at radius 2 is 2.20 bits per heavy atom. The highest BCUT2D eigenvalue weighted by atomic mass is 15.3. The number of H-pyrrole nitrogens is 1. The second-order valence-electron chi connectivity index (χ2n) is 3.13. The van der Waals surface area contributed by atoms with Crippen LogP contribution in [0.2, 0.25) is 0 Å². The molecule has 0 aliphatic carbocycles. The molecular weight excluding hydrogens is 192 g/mol. The summed E-state index contributed by atoms with van der Waals surface area (Å²) in [5.41, 5.74) is 7.60. The van der Waals surface area contributed by atoms with Gasteiger partial charge in [-0.3, -0.25) is 10.1 Å². The Labute approximate surface area is 85.1 Å². The first-order valence-corrected chi connectivity index (χ1v) is 4.42. The summed E-state index contributed by atoms with van der Waals surface area (Å²) < 4.78 is 1.78. The summed E-state index contributed by atoms with van der Waals surface area (Å²) in [6.45, 7) is 0. The van der Waals surface area contributed by atoms with Gasteiger partial charge < -0.3 is 5.73 Å². The van der Waals surface area contributed by atoms with Crippen molar-refractivity contribution in [2.45, 2.75) is 0 Å². The molecule has 0 saturated heterocycles. The van der Waals surface area contributed by atoms with Crippen LogP contribution < -0.4 is 5.73 Å². The summed E-state index contributed by atoms with van der Waals surface area (Å²) in [6, 6.07) is 1.79. The van der Waals surface area contributed by atoms with E-state index in [0.717, 1.165) is 17.1 Å². The van der Waals surface area contributed by atoms with Crippen LogP contribution in [0.25, 0.3) is 17.1 Å². The number of hydrogen-bond acceptors (Lipinski definition) is 4. The highest BCUT2D eigenvalue weighted by Gasteiger charge is 2.15. The number of aromatic nitrogens is 5. The third-order valence-electron chi connectivity index (χ3n) is 2.24. The topological polar surface area (TPSA) is 85.4 Å². The largest absolute Gasteiger partial charge is 0.384 e. The minimum absolute atomic E-state index is 0.584. The van der Waals surface area contributed by atoms with E-state index in [1.54, 1.807) is 29.3 Å². The number of fused-ring (bicyclic) bond motifs is 1. The lowest BCUT2D eigenvalue weighted by molar-refractivity contribution is 0.852. The molecule has 6 heteroatoms. The van der Waals surface area contributed by atoms with Gasteiger partial charge in [-0.1, -0.05) is 0 Å². The van der Waals surface area contributed by atoms with E-state index in [1.807, 2.05) is 0 Å². The molecule has 3 rings (SSSR count). The SMILES string of the molecule is Nc1[nH]n(-c2ccncn2)c2cncc1-2. The quantitative estimate of drug-likeness (QED) is 0.604. The lowest BCUT2D eigenvalue weighted by Crippen LogP contribution is -2.00. The molecule has 0 atom stereocenters. The average Bonchev–Trinajstić information content (AvgIpc) is 2.84. The van der Waals surface area contributed by atoms with Crippen LogP contribution in [0.15, 0.2) is 31.0 Å². The van der Waals surface area contributed by atoms with Crippen LogP contribution in [0, 0.1) is 0 Å². The van der Waals surface area contributed by atoms with Crippen molar-refractivity contribution in [1.29, 1.82) is 0 Å². The molecule has 0 saturated carbocycles. The molecule has 0 bridgehead atoms. The second kappa shape index (κ2) is 2.81. The van der Waals surface area contributed by atoms with E-state index in [4.69, 9.17) is 5.73 Å². The van der Waals surface area contributed by atoms with Crippen LogP contribution in [-0.4, -0.2) is 24.7 Å². The van der Waals surface area contributed by atoms with E-state index in [-0.39, 0.29) is 0 Å². The normalized spacial score (nSPS) is 10.9. The molecule has 15 heavy (non-hydrogen) atoms. The van der Waals surface area contributed by atoms with Gasteiger partial charge >= 0.3 is 0 Å². The van der Waals surface area contributed by atoms with Crippen LogP contribution in [-0.2, 0) is 0 Å². The van der Waals surface area contributed by atoms with Crippen LogP contribution in [0.5, 0.6) is 0 Å². The number of anilines is 1. The van der Waals surface area contributed by atoms with E-state index in [2.05, 4.69) is 20.1 Å². The smallest absolute Gasteiger partial charge is 0.155 e. The summed E-state index contributed by atoms with van der Waals surface area (Å²) in [5, 5.41) is 3.01. The zero-order chi connectivity index (χ0) is 10.3. The molecule has 2 aliphatic rings. The second-order valence-corrected chi connectivity index (χ2v) is 3.13. The van der Waals surface area contributed by atoms with Crippen LogP contribution in [0.1, 0.15) is 0 Å². The van der Waals surface area contributed by atoms with Crippen LogP contribution in [0.4, 0.5) is 5.82 Å². The number of nitrogens with two attached hydrogens (primary N) is 1. The van der Waals surface area contributed by atoms with E-state index in [9.17, 15) is 0 Å². The van der Waals surface area contributed by atoms with Gasteiger partial charge in [0.25, 0.3) is 0 Å².